The first kappa shape index (κ1) is 18.7. The van der Waals surface area contributed by atoms with E-state index in [-0.39, 0.29) is 17.7 Å². The molecule has 1 saturated heterocycles. The van der Waals surface area contributed by atoms with Gasteiger partial charge < -0.3 is 10.2 Å². The summed E-state index contributed by atoms with van der Waals surface area (Å²) in [6.45, 7) is 0.873. The van der Waals surface area contributed by atoms with Crippen molar-refractivity contribution in [1.29, 1.82) is 0 Å². The van der Waals surface area contributed by atoms with Gasteiger partial charge in [-0.15, -0.1) is 0 Å². The predicted octanol–water partition coefficient (Wildman–Crippen LogP) is 4.62. The molecule has 0 saturated carbocycles. The average molecular weight is 395 g/mol. The van der Waals surface area contributed by atoms with Crippen LogP contribution >= 0.6 is 23.2 Å². The number of hydrogen-bond donors (Lipinski definition) is 1. The number of halogens is 3. The molecule has 0 radical (unpaired) electrons. The van der Waals surface area contributed by atoms with Gasteiger partial charge in [-0.3, -0.25) is 9.59 Å². The van der Waals surface area contributed by atoms with Gasteiger partial charge in [0, 0.05) is 23.7 Å². The molecule has 2 aromatic carbocycles. The molecule has 0 aliphatic carbocycles. The van der Waals surface area contributed by atoms with Gasteiger partial charge >= 0.3 is 0 Å². The van der Waals surface area contributed by atoms with Gasteiger partial charge in [0.2, 0.25) is 5.91 Å². The number of rotatable bonds is 3. The summed E-state index contributed by atoms with van der Waals surface area (Å²) >= 11 is 12.0. The van der Waals surface area contributed by atoms with E-state index in [9.17, 15) is 14.0 Å². The first-order valence-electron chi connectivity index (χ1n) is 8.25. The summed E-state index contributed by atoms with van der Waals surface area (Å²) in [5.41, 5.74) is 0.858. The monoisotopic (exact) mass is 394 g/mol. The van der Waals surface area contributed by atoms with E-state index >= 15 is 0 Å². The van der Waals surface area contributed by atoms with E-state index in [1.807, 2.05) is 0 Å². The maximum Gasteiger partial charge on any atom is 0.253 e. The molecule has 4 nitrogen and oxygen atoms in total. The molecule has 1 heterocycles. The molecule has 1 unspecified atom stereocenters. The zero-order valence-corrected chi connectivity index (χ0v) is 15.4. The molecule has 0 bridgehead atoms. The fraction of sp³-hybridized carbons (Fsp3) is 0.263. The standard InChI is InChI=1S/C19H17Cl2FN2O2/c20-14-5-8-16(21)17(10-14)23-18(25)13-2-1-9-24(11-13)19(26)12-3-6-15(22)7-4-12/h3-8,10,13H,1-2,9,11H2,(H,23,25). The molecule has 7 heteroatoms. The third kappa shape index (κ3) is 4.34. The Bertz CT molecular complexity index is 827. The van der Waals surface area contributed by atoms with E-state index in [1.54, 1.807) is 23.1 Å². The third-order valence-electron chi connectivity index (χ3n) is 4.36. The Morgan fingerprint density at radius 3 is 2.58 bits per heavy atom. The minimum atomic E-state index is -0.393. The highest BCUT2D eigenvalue weighted by molar-refractivity contribution is 6.35. The van der Waals surface area contributed by atoms with E-state index in [0.717, 1.165) is 0 Å². The Morgan fingerprint density at radius 1 is 1.12 bits per heavy atom. The predicted molar refractivity (Wildman–Crippen MR) is 100 cm³/mol. The summed E-state index contributed by atoms with van der Waals surface area (Å²) < 4.78 is 13.0. The van der Waals surface area contributed by atoms with Crippen molar-refractivity contribution in [3.63, 3.8) is 0 Å². The highest BCUT2D eigenvalue weighted by atomic mass is 35.5. The number of carbonyl (C=O) groups is 2. The molecule has 1 N–H and O–H groups in total. The molecule has 1 atom stereocenters. The molecule has 0 aromatic heterocycles. The van der Waals surface area contributed by atoms with Gasteiger partial charge in [-0.25, -0.2) is 4.39 Å². The number of nitrogens with zero attached hydrogens (tertiary/aromatic N) is 1. The molecular formula is C19H17Cl2FN2O2. The van der Waals surface area contributed by atoms with Crippen molar-refractivity contribution in [3.8, 4) is 0 Å². The first-order valence-corrected chi connectivity index (χ1v) is 9.00. The van der Waals surface area contributed by atoms with Gasteiger partial charge in [0.1, 0.15) is 5.82 Å². The second kappa shape index (κ2) is 8.06. The maximum atomic E-state index is 13.0. The van der Waals surface area contributed by atoms with E-state index in [0.29, 0.717) is 47.2 Å². The van der Waals surface area contributed by atoms with Crippen molar-refractivity contribution in [2.45, 2.75) is 12.8 Å². The van der Waals surface area contributed by atoms with Gasteiger partial charge in [-0.2, -0.15) is 0 Å². The molecule has 2 amide bonds. The van der Waals surface area contributed by atoms with Crippen LogP contribution in [0, 0.1) is 11.7 Å². The van der Waals surface area contributed by atoms with Crippen LogP contribution in [0.5, 0.6) is 0 Å². The summed E-state index contributed by atoms with van der Waals surface area (Å²) in [6.07, 6.45) is 1.39. The van der Waals surface area contributed by atoms with Crippen LogP contribution in [0.15, 0.2) is 42.5 Å². The zero-order valence-electron chi connectivity index (χ0n) is 13.8. The molecular weight excluding hydrogens is 378 g/mol. The SMILES string of the molecule is O=C(Nc1cc(Cl)ccc1Cl)C1CCCN(C(=O)c2ccc(F)cc2)C1. The van der Waals surface area contributed by atoms with Crippen molar-refractivity contribution in [2.75, 3.05) is 18.4 Å². The molecule has 136 valence electrons. The van der Waals surface area contributed by atoms with Crippen molar-refractivity contribution in [3.05, 3.63) is 63.9 Å². The smallest absolute Gasteiger partial charge is 0.253 e. The van der Waals surface area contributed by atoms with Gasteiger partial charge in [-0.05, 0) is 55.3 Å². The summed E-state index contributed by atoms with van der Waals surface area (Å²) in [7, 11) is 0. The lowest BCUT2D eigenvalue weighted by molar-refractivity contribution is -0.121. The van der Waals surface area contributed by atoms with E-state index in [2.05, 4.69) is 5.32 Å². The Morgan fingerprint density at radius 2 is 1.85 bits per heavy atom. The van der Waals surface area contributed by atoms with Crippen LogP contribution in [0.3, 0.4) is 0 Å². The summed E-state index contributed by atoms with van der Waals surface area (Å²) in [6, 6.07) is 10.3. The minimum absolute atomic E-state index is 0.203. The highest BCUT2D eigenvalue weighted by Gasteiger charge is 2.29. The van der Waals surface area contributed by atoms with Crippen LogP contribution in [0.2, 0.25) is 10.0 Å². The fourth-order valence-electron chi connectivity index (χ4n) is 2.98. The second-order valence-corrected chi connectivity index (χ2v) is 7.05. The lowest BCUT2D eigenvalue weighted by atomic mass is 9.96. The molecule has 1 aliphatic heterocycles. The van der Waals surface area contributed by atoms with E-state index in [1.165, 1.54) is 24.3 Å². The largest absolute Gasteiger partial charge is 0.338 e. The number of likely N-dealkylation sites (tertiary alicyclic amines) is 1. The number of benzene rings is 2. The second-order valence-electron chi connectivity index (χ2n) is 6.21. The summed E-state index contributed by atoms with van der Waals surface area (Å²) in [5, 5.41) is 3.66. The van der Waals surface area contributed by atoms with E-state index in [4.69, 9.17) is 23.2 Å². The molecule has 1 aliphatic rings. The van der Waals surface area contributed by atoms with Crippen LogP contribution in [-0.2, 0) is 4.79 Å². The number of hydrogen-bond acceptors (Lipinski definition) is 2. The summed E-state index contributed by atoms with van der Waals surface area (Å²) in [5.74, 6) is -1.15. The van der Waals surface area contributed by atoms with Crippen LogP contribution in [0.4, 0.5) is 10.1 Å². The van der Waals surface area contributed by atoms with Gasteiger partial charge in [0.25, 0.3) is 5.91 Å². The lowest BCUT2D eigenvalue weighted by Gasteiger charge is -2.32. The quantitative estimate of drug-likeness (QED) is 0.825. The zero-order chi connectivity index (χ0) is 18.7. The Kier molecular flexibility index (Phi) is 5.79. The van der Waals surface area contributed by atoms with Gasteiger partial charge in [-0.1, -0.05) is 23.2 Å². The Balaban J connectivity index is 1.67. The molecule has 3 rings (SSSR count). The van der Waals surface area contributed by atoms with Gasteiger partial charge in [0.05, 0.1) is 16.6 Å². The molecule has 1 fully saturated rings. The third-order valence-corrected chi connectivity index (χ3v) is 4.92. The van der Waals surface area contributed by atoms with Crippen molar-refractivity contribution < 1.29 is 14.0 Å². The van der Waals surface area contributed by atoms with Crippen molar-refractivity contribution >= 4 is 40.7 Å². The fourth-order valence-corrected chi connectivity index (χ4v) is 3.32. The Labute approximate surface area is 160 Å². The minimum Gasteiger partial charge on any atom is -0.338 e. The maximum absolute atomic E-state index is 13.0. The highest BCUT2D eigenvalue weighted by Crippen LogP contribution is 2.27. The van der Waals surface area contributed by atoms with Crippen LogP contribution in [0.25, 0.3) is 0 Å². The van der Waals surface area contributed by atoms with Crippen molar-refractivity contribution in [2.24, 2.45) is 5.92 Å². The number of anilines is 1. The topological polar surface area (TPSA) is 49.4 Å². The number of amides is 2. The van der Waals surface area contributed by atoms with Gasteiger partial charge in [0.15, 0.2) is 0 Å². The van der Waals surface area contributed by atoms with Crippen LogP contribution in [-0.4, -0.2) is 29.8 Å². The average Bonchev–Trinajstić information content (AvgIpc) is 2.65. The summed E-state index contributed by atoms with van der Waals surface area (Å²) in [4.78, 5) is 26.8. The normalized spacial score (nSPS) is 17.0. The number of carbonyl (C=O) groups excluding carboxylic acids is 2. The van der Waals surface area contributed by atoms with Crippen molar-refractivity contribution in [1.82, 2.24) is 4.90 Å². The number of nitrogens with one attached hydrogen (secondary N) is 1. The Hall–Kier alpha value is -2.11. The molecule has 0 spiro atoms. The number of piperidine rings is 1. The molecule has 26 heavy (non-hydrogen) atoms. The molecule has 2 aromatic rings. The van der Waals surface area contributed by atoms with E-state index < -0.39 is 5.82 Å². The van der Waals surface area contributed by atoms with Crippen LogP contribution < -0.4 is 5.32 Å². The lowest BCUT2D eigenvalue weighted by Crippen LogP contribution is -2.43. The first-order chi connectivity index (χ1) is 12.4. The van der Waals surface area contributed by atoms with Crippen LogP contribution in [0.1, 0.15) is 23.2 Å².